The third-order valence-electron chi connectivity index (χ3n) is 2.67. The van der Waals surface area contributed by atoms with E-state index in [0.717, 1.165) is 12.1 Å². The molecule has 0 fully saturated rings. The van der Waals surface area contributed by atoms with Gasteiger partial charge in [-0.2, -0.15) is 5.10 Å². The van der Waals surface area contributed by atoms with Gasteiger partial charge < -0.3 is 10.4 Å². The van der Waals surface area contributed by atoms with Crippen LogP contribution in [0.5, 0.6) is 0 Å². The van der Waals surface area contributed by atoms with Crippen molar-refractivity contribution in [3.05, 3.63) is 47.3 Å². The molecule has 0 radical (unpaired) electrons. The van der Waals surface area contributed by atoms with Gasteiger partial charge in [0.1, 0.15) is 17.2 Å². The molecule has 19 heavy (non-hydrogen) atoms. The van der Waals surface area contributed by atoms with Crippen LogP contribution in [0.1, 0.15) is 16.1 Å². The average Bonchev–Trinajstić information content (AvgIpc) is 2.70. The summed E-state index contributed by atoms with van der Waals surface area (Å²) in [5.41, 5.74) is 0.535. The number of anilines is 1. The number of nitrogens with one attached hydrogen (secondary N) is 1. The Bertz CT molecular complexity index is 625. The monoisotopic (exact) mass is 267 g/mol. The van der Waals surface area contributed by atoms with Crippen molar-refractivity contribution in [2.75, 3.05) is 5.32 Å². The summed E-state index contributed by atoms with van der Waals surface area (Å²) in [6, 6.07) is 3.12. The number of aromatic nitrogens is 2. The highest BCUT2D eigenvalue weighted by Crippen LogP contribution is 2.17. The van der Waals surface area contributed by atoms with Crippen LogP contribution in [-0.2, 0) is 13.6 Å². The van der Waals surface area contributed by atoms with E-state index in [0.29, 0.717) is 5.69 Å². The maximum Gasteiger partial charge on any atom is 0.339 e. The molecule has 1 aromatic heterocycles. The highest BCUT2D eigenvalue weighted by molar-refractivity contribution is 5.88. The van der Waals surface area contributed by atoms with Crippen molar-refractivity contribution < 1.29 is 18.7 Å². The fourth-order valence-corrected chi connectivity index (χ4v) is 1.66. The van der Waals surface area contributed by atoms with Crippen LogP contribution in [0.25, 0.3) is 0 Å². The van der Waals surface area contributed by atoms with Crippen LogP contribution >= 0.6 is 0 Å². The van der Waals surface area contributed by atoms with Crippen molar-refractivity contribution >= 4 is 11.7 Å². The van der Waals surface area contributed by atoms with Crippen molar-refractivity contribution in [3.8, 4) is 0 Å². The number of aryl methyl sites for hydroxylation is 1. The number of hydrogen-bond acceptors (Lipinski definition) is 3. The summed E-state index contributed by atoms with van der Waals surface area (Å²) < 4.78 is 27.5. The van der Waals surface area contributed by atoms with Crippen LogP contribution in [0.15, 0.2) is 24.4 Å². The minimum atomic E-state index is -1.11. The first-order chi connectivity index (χ1) is 8.99. The lowest BCUT2D eigenvalue weighted by Gasteiger charge is -2.08. The zero-order chi connectivity index (χ0) is 14.0. The number of nitrogens with zero attached hydrogens (tertiary/aromatic N) is 2. The van der Waals surface area contributed by atoms with E-state index in [-0.39, 0.29) is 17.8 Å². The Morgan fingerprint density at radius 2 is 2.21 bits per heavy atom. The second-order valence-electron chi connectivity index (χ2n) is 3.91. The van der Waals surface area contributed by atoms with Gasteiger partial charge in [0.15, 0.2) is 0 Å². The molecule has 100 valence electrons. The van der Waals surface area contributed by atoms with Gasteiger partial charge in [-0.05, 0) is 12.1 Å². The molecule has 1 heterocycles. The van der Waals surface area contributed by atoms with Gasteiger partial charge >= 0.3 is 5.97 Å². The summed E-state index contributed by atoms with van der Waals surface area (Å²) in [4.78, 5) is 11.0. The molecule has 2 rings (SSSR count). The van der Waals surface area contributed by atoms with E-state index in [2.05, 4.69) is 10.4 Å². The van der Waals surface area contributed by atoms with Gasteiger partial charge in [0.05, 0.1) is 24.1 Å². The van der Waals surface area contributed by atoms with Crippen LogP contribution < -0.4 is 5.32 Å². The quantitative estimate of drug-likeness (QED) is 0.889. The Labute approximate surface area is 107 Å². The molecule has 2 aromatic rings. The first-order valence-electron chi connectivity index (χ1n) is 5.42. The molecule has 0 saturated carbocycles. The maximum atomic E-state index is 13.4. The van der Waals surface area contributed by atoms with E-state index in [9.17, 15) is 13.6 Å². The van der Waals surface area contributed by atoms with Crippen molar-refractivity contribution in [2.24, 2.45) is 7.05 Å². The first kappa shape index (κ1) is 13.0. The summed E-state index contributed by atoms with van der Waals surface area (Å²) in [6.45, 7) is 0.0701. The molecule has 0 atom stereocenters. The van der Waals surface area contributed by atoms with Gasteiger partial charge in [-0.25, -0.2) is 13.6 Å². The Morgan fingerprint density at radius 3 is 2.84 bits per heavy atom. The van der Waals surface area contributed by atoms with E-state index < -0.39 is 17.6 Å². The number of hydrogen-bond donors (Lipinski definition) is 2. The number of carboxylic acid groups (broad SMARTS) is 1. The first-order valence-corrected chi connectivity index (χ1v) is 5.42. The van der Waals surface area contributed by atoms with E-state index in [4.69, 9.17) is 5.11 Å². The Hall–Kier alpha value is -2.44. The maximum absolute atomic E-state index is 13.4. The van der Waals surface area contributed by atoms with E-state index in [1.807, 2.05) is 0 Å². The fraction of sp³-hybridized carbons (Fsp3) is 0.167. The lowest BCUT2D eigenvalue weighted by Crippen LogP contribution is -2.10. The third kappa shape index (κ3) is 2.70. The van der Waals surface area contributed by atoms with Gasteiger partial charge in [-0.3, -0.25) is 4.68 Å². The van der Waals surface area contributed by atoms with Crippen molar-refractivity contribution in [1.82, 2.24) is 9.78 Å². The molecule has 0 aliphatic heterocycles. The number of halogens is 2. The topological polar surface area (TPSA) is 67.2 Å². The lowest BCUT2D eigenvalue weighted by atomic mass is 10.2. The number of carbonyl (C=O) groups is 1. The highest BCUT2D eigenvalue weighted by Gasteiger charge is 2.15. The van der Waals surface area contributed by atoms with Gasteiger partial charge in [0.25, 0.3) is 0 Å². The molecular formula is C12H11F2N3O2. The predicted molar refractivity (Wildman–Crippen MR) is 63.9 cm³/mol. The standard InChI is InChI=1S/C12H11F2N3O2/c1-17-11(8(5-16-17)12(18)19)6-15-10-3-2-7(13)4-9(10)14/h2-5,15H,6H2,1H3,(H,18,19). The van der Waals surface area contributed by atoms with Gasteiger partial charge in [0, 0.05) is 13.1 Å². The zero-order valence-corrected chi connectivity index (χ0v) is 10.0. The molecule has 0 aliphatic carbocycles. The second-order valence-corrected chi connectivity index (χ2v) is 3.91. The third-order valence-corrected chi connectivity index (χ3v) is 2.67. The molecule has 0 saturated heterocycles. The van der Waals surface area contributed by atoms with Gasteiger partial charge in [0.2, 0.25) is 0 Å². The van der Waals surface area contributed by atoms with Crippen LogP contribution in [-0.4, -0.2) is 20.9 Å². The largest absolute Gasteiger partial charge is 0.478 e. The lowest BCUT2D eigenvalue weighted by molar-refractivity contribution is 0.0695. The van der Waals surface area contributed by atoms with Crippen LogP contribution in [0, 0.1) is 11.6 Å². The minimum Gasteiger partial charge on any atom is -0.478 e. The summed E-state index contributed by atoms with van der Waals surface area (Å²) >= 11 is 0. The van der Waals surface area contributed by atoms with E-state index in [1.54, 1.807) is 7.05 Å². The number of aromatic carboxylic acids is 1. The molecule has 2 N–H and O–H groups in total. The van der Waals surface area contributed by atoms with Gasteiger partial charge in [-0.1, -0.05) is 0 Å². The number of rotatable bonds is 4. The number of carboxylic acids is 1. The molecule has 0 spiro atoms. The molecular weight excluding hydrogens is 256 g/mol. The summed E-state index contributed by atoms with van der Waals surface area (Å²) in [5, 5.41) is 15.5. The van der Waals surface area contributed by atoms with Crippen molar-refractivity contribution in [3.63, 3.8) is 0 Å². The molecule has 0 bridgehead atoms. The molecule has 0 amide bonds. The van der Waals surface area contributed by atoms with Crippen molar-refractivity contribution in [2.45, 2.75) is 6.54 Å². The highest BCUT2D eigenvalue weighted by atomic mass is 19.1. The summed E-state index contributed by atoms with van der Waals surface area (Å²) in [5.74, 6) is -2.52. The van der Waals surface area contributed by atoms with Crippen LogP contribution in [0.2, 0.25) is 0 Å². The second kappa shape index (κ2) is 5.05. The molecule has 0 aliphatic rings. The molecule has 5 nitrogen and oxygen atoms in total. The Kier molecular flexibility index (Phi) is 3.46. The zero-order valence-electron chi connectivity index (χ0n) is 10.0. The van der Waals surface area contributed by atoms with Crippen LogP contribution in [0.4, 0.5) is 14.5 Å². The molecule has 7 heteroatoms. The van der Waals surface area contributed by atoms with Crippen molar-refractivity contribution in [1.29, 1.82) is 0 Å². The average molecular weight is 267 g/mol. The minimum absolute atomic E-state index is 0.0394. The fourth-order valence-electron chi connectivity index (χ4n) is 1.66. The van der Waals surface area contributed by atoms with E-state index >= 15 is 0 Å². The smallest absolute Gasteiger partial charge is 0.339 e. The van der Waals surface area contributed by atoms with Gasteiger partial charge in [-0.15, -0.1) is 0 Å². The normalized spacial score (nSPS) is 10.5. The number of benzene rings is 1. The predicted octanol–water partition coefficient (Wildman–Crippen LogP) is 2.01. The SMILES string of the molecule is Cn1ncc(C(=O)O)c1CNc1ccc(F)cc1F. The Balaban J connectivity index is 2.19. The summed E-state index contributed by atoms with van der Waals surface area (Å²) in [7, 11) is 1.59. The molecule has 1 aromatic carbocycles. The van der Waals surface area contributed by atoms with Crippen LogP contribution in [0.3, 0.4) is 0 Å². The van der Waals surface area contributed by atoms with E-state index in [1.165, 1.54) is 16.9 Å². The molecule has 0 unspecified atom stereocenters. The Morgan fingerprint density at radius 1 is 1.47 bits per heavy atom. The summed E-state index contributed by atoms with van der Waals surface area (Å²) in [6.07, 6.45) is 1.22.